The molecule has 0 spiro atoms. The van der Waals surface area contributed by atoms with Gasteiger partial charge in [0.15, 0.2) is 0 Å². The predicted molar refractivity (Wildman–Crippen MR) is 153 cm³/mol. The summed E-state index contributed by atoms with van der Waals surface area (Å²) in [6.07, 6.45) is 3.08. The van der Waals surface area contributed by atoms with Gasteiger partial charge in [0, 0.05) is 30.8 Å². The molecule has 11 atom stereocenters. The molecule has 41 heavy (non-hydrogen) atoms. The number of hydrogen-bond donors (Lipinski definition) is 3. The molecule has 0 heterocycles. The number of aliphatic carboxylic acids is 1. The SMILES string of the molecule is CC(=O)O[C@@H]1[C@H]2[C@H](C)[C@H](O)CC[C@]2(C)[C@@H]2CC[C@H]3C(=C(CCC=C(C)C)C(=O)O)[C@@H](OC(C)=O)C[C@]3(C)[C@@]2(C)[C@H]1O. The number of ether oxygens (including phenoxy) is 2. The van der Waals surface area contributed by atoms with Gasteiger partial charge in [0.1, 0.15) is 12.2 Å². The number of carbonyl (C=O) groups excluding carboxylic acids is 2. The van der Waals surface area contributed by atoms with Crippen LogP contribution in [0.15, 0.2) is 22.8 Å². The van der Waals surface area contributed by atoms with Crippen molar-refractivity contribution in [1.29, 1.82) is 0 Å². The Morgan fingerprint density at radius 3 is 2.17 bits per heavy atom. The van der Waals surface area contributed by atoms with Gasteiger partial charge in [-0.15, -0.1) is 0 Å². The highest BCUT2D eigenvalue weighted by molar-refractivity contribution is 5.88. The Balaban J connectivity index is 1.89. The highest BCUT2D eigenvalue weighted by Crippen LogP contribution is 2.74. The van der Waals surface area contributed by atoms with Crippen molar-refractivity contribution >= 4 is 17.9 Å². The van der Waals surface area contributed by atoms with E-state index in [0.717, 1.165) is 18.4 Å². The van der Waals surface area contributed by atoms with Gasteiger partial charge in [-0.1, -0.05) is 39.3 Å². The Hall–Kier alpha value is -2.19. The van der Waals surface area contributed by atoms with Gasteiger partial charge in [0.05, 0.1) is 12.2 Å². The van der Waals surface area contributed by atoms with Gasteiger partial charge in [-0.3, -0.25) is 9.59 Å². The van der Waals surface area contributed by atoms with E-state index < -0.39 is 53.2 Å². The van der Waals surface area contributed by atoms with Crippen LogP contribution in [-0.4, -0.2) is 57.6 Å². The minimum absolute atomic E-state index is 0.0364. The molecule has 4 aliphatic carbocycles. The van der Waals surface area contributed by atoms with E-state index in [-0.39, 0.29) is 29.1 Å². The van der Waals surface area contributed by atoms with Crippen molar-refractivity contribution < 1.29 is 39.2 Å². The van der Waals surface area contributed by atoms with Crippen LogP contribution in [-0.2, 0) is 23.9 Å². The van der Waals surface area contributed by atoms with E-state index in [1.165, 1.54) is 13.8 Å². The molecule has 0 bridgehead atoms. The number of esters is 2. The second-order valence-corrected chi connectivity index (χ2v) is 14.3. The predicted octanol–water partition coefficient (Wildman–Crippen LogP) is 5.21. The van der Waals surface area contributed by atoms with Gasteiger partial charge in [-0.2, -0.15) is 0 Å². The third kappa shape index (κ3) is 4.97. The lowest BCUT2D eigenvalue weighted by atomic mass is 9.35. The Labute approximate surface area is 244 Å². The topological polar surface area (TPSA) is 130 Å². The van der Waals surface area contributed by atoms with Crippen molar-refractivity contribution in [1.82, 2.24) is 0 Å². The largest absolute Gasteiger partial charge is 0.478 e. The number of rotatable bonds is 6. The van der Waals surface area contributed by atoms with Crippen molar-refractivity contribution in [3.05, 3.63) is 22.8 Å². The molecule has 0 aromatic heterocycles. The summed E-state index contributed by atoms with van der Waals surface area (Å²) in [6, 6.07) is 0. The average molecular weight is 575 g/mol. The van der Waals surface area contributed by atoms with Crippen LogP contribution in [0, 0.1) is 39.9 Å². The number of hydrogen-bond acceptors (Lipinski definition) is 7. The molecule has 3 N–H and O–H groups in total. The molecule has 8 nitrogen and oxygen atoms in total. The number of fused-ring (bicyclic) bond motifs is 5. The summed E-state index contributed by atoms with van der Waals surface area (Å²) < 4.78 is 11.8. The summed E-state index contributed by atoms with van der Waals surface area (Å²) in [4.78, 5) is 37.5. The van der Waals surface area contributed by atoms with Crippen molar-refractivity contribution in [3.8, 4) is 0 Å². The maximum Gasteiger partial charge on any atom is 0.331 e. The van der Waals surface area contributed by atoms with Gasteiger partial charge in [0.25, 0.3) is 0 Å². The third-order valence-electron chi connectivity index (χ3n) is 12.0. The molecule has 8 heteroatoms. The molecule has 4 aliphatic rings. The van der Waals surface area contributed by atoms with Crippen LogP contribution in [0.25, 0.3) is 0 Å². The molecule has 0 radical (unpaired) electrons. The smallest absolute Gasteiger partial charge is 0.331 e. The van der Waals surface area contributed by atoms with Gasteiger partial charge >= 0.3 is 17.9 Å². The molecule has 4 fully saturated rings. The monoisotopic (exact) mass is 574 g/mol. The van der Waals surface area contributed by atoms with E-state index in [1.54, 1.807) is 0 Å². The number of carboxylic acid groups (broad SMARTS) is 1. The number of allylic oxidation sites excluding steroid dienone is 2. The quantitative estimate of drug-likeness (QED) is 0.224. The second-order valence-electron chi connectivity index (χ2n) is 14.3. The summed E-state index contributed by atoms with van der Waals surface area (Å²) in [5, 5.41) is 33.6. The molecular formula is C33H50O8. The fourth-order valence-corrected chi connectivity index (χ4v) is 10.1. The summed E-state index contributed by atoms with van der Waals surface area (Å²) in [7, 11) is 0. The first-order chi connectivity index (χ1) is 19.0. The van der Waals surface area contributed by atoms with Crippen molar-refractivity contribution in [2.75, 3.05) is 0 Å². The lowest BCUT2D eigenvalue weighted by molar-refractivity contribution is -0.288. The van der Waals surface area contributed by atoms with Gasteiger partial charge in [-0.25, -0.2) is 4.79 Å². The van der Waals surface area contributed by atoms with Crippen molar-refractivity contribution in [2.24, 2.45) is 39.9 Å². The first kappa shape index (κ1) is 31.7. The van der Waals surface area contributed by atoms with Gasteiger partial charge in [-0.05, 0) is 93.0 Å². The Kier molecular flexibility index (Phi) is 8.63. The van der Waals surface area contributed by atoms with E-state index in [9.17, 15) is 29.7 Å². The molecular weight excluding hydrogens is 524 g/mol. The minimum atomic E-state index is -1.04. The van der Waals surface area contributed by atoms with E-state index in [1.807, 2.05) is 26.8 Å². The Morgan fingerprint density at radius 1 is 0.976 bits per heavy atom. The normalized spacial score (nSPS) is 44.5. The maximum absolute atomic E-state index is 12.7. The zero-order valence-electron chi connectivity index (χ0n) is 26.0. The average Bonchev–Trinajstić information content (AvgIpc) is 3.14. The van der Waals surface area contributed by atoms with Crippen LogP contribution < -0.4 is 0 Å². The molecule has 0 aliphatic heterocycles. The Morgan fingerprint density at radius 2 is 1.61 bits per heavy atom. The van der Waals surface area contributed by atoms with Gasteiger partial charge < -0.3 is 24.8 Å². The van der Waals surface area contributed by atoms with Crippen LogP contribution in [0.5, 0.6) is 0 Å². The lowest BCUT2D eigenvalue weighted by Gasteiger charge is -2.70. The first-order valence-corrected chi connectivity index (χ1v) is 15.3. The second kappa shape index (κ2) is 11.1. The zero-order chi connectivity index (χ0) is 30.7. The molecule has 4 rings (SSSR count). The molecule has 230 valence electrons. The van der Waals surface area contributed by atoms with E-state index >= 15 is 0 Å². The van der Waals surface area contributed by atoms with Crippen LogP contribution in [0.4, 0.5) is 0 Å². The molecule has 0 saturated heterocycles. The highest BCUT2D eigenvalue weighted by atomic mass is 16.6. The van der Waals surface area contributed by atoms with Crippen molar-refractivity contribution in [3.63, 3.8) is 0 Å². The van der Waals surface area contributed by atoms with Crippen LogP contribution in [0.2, 0.25) is 0 Å². The standard InChI is InChI=1S/C33H50O8/c1-17(2)10-9-11-21(30(38)39)26-22-12-13-25-31(6)15-14-23(36)18(3)27(31)28(41-20(5)35)29(37)33(25,8)32(22,7)16-24(26)40-19(4)34/h10,18,22-25,27-29,36-37H,9,11-16H2,1-8H3,(H,38,39)/t18-,22+,23-,24+,25+,27-,28-,29+,31-,32+,33-/m1/s1. The third-order valence-corrected chi connectivity index (χ3v) is 12.0. The van der Waals surface area contributed by atoms with E-state index in [4.69, 9.17) is 9.47 Å². The minimum Gasteiger partial charge on any atom is -0.478 e. The van der Waals surface area contributed by atoms with Crippen LogP contribution in [0.3, 0.4) is 0 Å². The van der Waals surface area contributed by atoms with Gasteiger partial charge in [0.2, 0.25) is 0 Å². The fourth-order valence-electron chi connectivity index (χ4n) is 10.1. The fraction of sp³-hybridized carbons (Fsp3) is 0.788. The first-order valence-electron chi connectivity index (χ1n) is 15.3. The van der Waals surface area contributed by atoms with Crippen LogP contribution in [0.1, 0.15) is 100 Å². The zero-order valence-corrected chi connectivity index (χ0v) is 26.0. The summed E-state index contributed by atoms with van der Waals surface area (Å²) >= 11 is 0. The molecule has 4 saturated carbocycles. The molecule has 0 aromatic rings. The van der Waals surface area contributed by atoms with Crippen molar-refractivity contribution in [2.45, 2.75) is 125 Å². The number of carboxylic acids is 1. The van der Waals surface area contributed by atoms with E-state index in [0.29, 0.717) is 43.3 Å². The summed E-state index contributed by atoms with van der Waals surface area (Å²) in [5.41, 5.74) is 0.360. The number of aliphatic hydroxyl groups excluding tert-OH is 2. The van der Waals surface area contributed by atoms with E-state index in [2.05, 4.69) is 20.8 Å². The summed E-state index contributed by atoms with van der Waals surface area (Å²) in [5.74, 6) is -2.50. The van der Waals surface area contributed by atoms with Crippen LogP contribution >= 0.6 is 0 Å². The number of aliphatic hydroxyl groups is 2. The Bertz CT molecular complexity index is 1140. The molecule has 0 aromatic carbocycles. The molecule has 0 unspecified atom stereocenters. The lowest BCUT2D eigenvalue weighted by Crippen LogP contribution is -2.72. The maximum atomic E-state index is 12.7. The highest BCUT2D eigenvalue weighted by Gasteiger charge is 2.74. The molecule has 0 amide bonds. The number of carbonyl (C=O) groups is 3. The summed E-state index contributed by atoms with van der Waals surface area (Å²) in [6.45, 7) is 15.1.